The first kappa shape index (κ1) is 16.2. The quantitative estimate of drug-likeness (QED) is 0.723. The number of amides is 2. The highest BCUT2D eigenvalue weighted by molar-refractivity contribution is 5.94. The summed E-state index contributed by atoms with van der Waals surface area (Å²) in [6, 6.07) is 2.98. The molecule has 112 valence electrons. The molecule has 6 nitrogen and oxygen atoms in total. The van der Waals surface area contributed by atoms with Gasteiger partial charge in [0.2, 0.25) is 5.91 Å². The van der Waals surface area contributed by atoms with Crippen LogP contribution in [0.15, 0.2) is 22.8 Å². The summed E-state index contributed by atoms with van der Waals surface area (Å²) in [5, 5.41) is 14.3. The zero-order chi connectivity index (χ0) is 15.2. The lowest BCUT2D eigenvalue weighted by atomic mass is 9.85. The second-order valence-corrected chi connectivity index (χ2v) is 5.66. The molecule has 6 heteroatoms. The molecule has 1 unspecified atom stereocenters. The lowest BCUT2D eigenvalue weighted by molar-refractivity contribution is -0.121. The molecule has 0 aliphatic carbocycles. The van der Waals surface area contributed by atoms with Crippen molar-refractivity contribution in [3.05, 3.63) is 24.2 Å². The minimum Gasteiger partial charge on any atom is -0.459 e. The number of rotatable bonds is 6. The normalized spacial score (nSPS) is 12.8. The van der Waals surface area contributed by atoms with E-state index in [0.717, 1.165) is 0 Å². The Morgan fingerprint density at radius 3 is 2.60 bits per heavy atom. The van der Waals surface area contributed by atoms with Gasteiger partial charge < -0.3 is 20.2 Å². The molecule has 20 heavy (non-hydrogen) atoms. The van der Waals surface area contributed by atoms with Gasteiger partial charge in [-0.1, -0.05) is 20.8 Å². The molecule has 3 N–H and O–H groups in total. The van der Waals surface area contributed by atoms with Gasteiger partial charge in [0.25, 0.3) is 5.91 Å². The average molecular weight is 282 g/mol. The molecular formula is C14H22N2O4. The van der Waals surface area contributed by atoms with Gasteiger partial charge in [0, 0.05) is 12.6 Å². The molecule has 0 spiro atoms. The average Bonchev–Trinajstić information content (AvgIpc) is 2.88. The van der Waals surface area contributed by atoms with Crippen molar-refractivity contribution in [1.82, 2.24) is 10.6 Å². The molecule has 1 aromatic heterocycles. The largest absolute Gasteiger partial charge is 0.459 e. The third kappa shape index (κ3) is 5.05. The standard InChI is InChI=1S/C14H22N2O4/c1-14(2,3)11(6-7-17)16-12(18)9-15-13(19)10-5-4-8-20-10/h4-5,8,11,17H,6-7,9H2,1-3H3,(H,15,19)(H,16,18). The third-order valence-electron chi connectivity index (χ3n) is 2.95. The molecule has 1 rings (SSSR count). The maximum atomic E-state index is 11.8. The summed E-state index contributed by atoms with van der Waals surface area (Å²) in [6.07, 6.45) is 1.87. The van der Waals surface area contributed by atoms with Crippen LogP contribution >= 0.6 is 0 Å². The molecule has 0 aliphatic heterocycles. The Labute approximate surface area is 118 Å². The smallest absolute Gasteiger partial charge is 0.287 e. The van der Waals surface area contributed by atoms with Gasteiger partial charge in [0.15, 0.2) is 5.76 Å². The third-order valence-corrected chi connectivity index (χ3v) is 2.95. The second-order valence-electron chi connectivity index (χ2n) is 5.66. The molecule has 0 fully saturated rings. The summed E-state index contributed by atoms with van der Waals surface area (Å²) in [7, 11) is 0. The molecule has 0 aliphatic rings. The topological polar surface area (TPSA) is 91.6 Å². The summed E-state index contributed by atoms with van der Waals surface area (Å²) >= 11 is 0. The predicted molar refractivity (Wildman–Crippen MR) is 74.1 cm³/mol. The lowest BCUT2D eigenvalue weighted by Gasteiger charge is -2.31. The molecule has 1 atom stereocenters. The number of carbonyl (C=O) groups excluding carboxylic acids is 2. The Bertz CT molecular complexity index is 435. The molecular weight excluding hydrogens is 260 g/mol. The number of aliphatic hydroxyl groups is 1. The van der Waals surface area contributed by atoms with E-state index in [1.54, 1.807) is 6.07 Å². The van der Waals surface area contributed by atoms with Crippen LogP contribution in [0.4, 0.5) is 0 Å². The summed E-state index contributed by atoms with van der Waals surface area (Å²) in [5.74, 6) is -0.557. The molecule has 0 saturated carbocycles. The van der Waals surface area contributed by atoms with Crippen LogP contribution in [0.5, 0.6) is 0 Å². The van der Waals surface area contributed by atoms with Gasteiger partial charge in [0.05, 0.1) is 12.8 Å². The monoisotopic (exact) mass is 282 g/mol. The van der Waals surface area contributed by atoms with Crippen LogP contribution in [0.3, 0.4) is 0 Å². The second kappa shape index (κ2) is 7.09. The predicted octanol–water partition coefficient (Wildman–Crippen LogP) is 0.923. The van der Waals surface area contributed by atoms with Crippen molar-refractivity contribution in [2.24, 2.45) is 5.41 Å². The van der Waals surface area contributed by atoms with Gasteiger partial charge in [0.1, 0.15) is 0 Å². The molecule has 1 heterocycles. The van der Waals surface area contributed by atoms with E-state index >= 15 is 0 Å². The van der Waals surface area contributed by atoms with Gasteiger partial charge >= 0.3 is 0 Å². The lowest BCUT2D eigenvalue weighted by Crippen LogP contribution is -2.47. The van der Waals surface area contributed by atoms with E-state index in [-0.39, 0.29) is 36.3 Å². The first-order valence-corrected chi connectivity index (χ1v) is 6.56. The fourth-order valence-corrected chi connectivity index (χ4v) is 1.75. The van der Waals surface area contributed by atoms with Crippen molar-refractivity contribution in [2.45, 2.75) is 33.2 Å². The van der Waals surface area contributed by atoms with Gasteiger partial charge in [-0.25, -0.2) is 0 Å². The number of furan rings is 1. The Kier molecular flexibility index (Phi) is 5.76. The van der Waals surface area contributed by atoms with Crippen LogP contribution in [0, 0.1) is 5.41 Å². The van der Waals surface area contributed by atoms with Gasteiger partial charge in [-0.05, 0) is 24.0 Å². The van der Waals surface area contributed by atoms with Crippen molar-refractivity contribution >= 4 is 11.8 Å². The van der Waals surface area contributed by atoms with Crippen molar-refractivity contribution in [3.63, 3.8) is 0 Å². The van der Waals surface area contributed by atoms with Gasteiger partial charge in [-0.2, -0.15) is 0 Å². The van der Waals surface area contributed by atoms with Crippen molar-refractivity contribution < 1.29 is 19.1 Å². The molecule has 0 saturated heterocycles. The van der Waals surface area contributed by atoms with E-state index in [2.05, 4.69) is 10.6 Å². The minimum absolute atomic E-state index is 0.000963. The summed E-state index contributed by atoms with van der Waals surface area (Å²) in [5.41, 5.74) is -0.163. The van der Waals surface area contributed by atoms with E-state index in [0.29, 0.717) is 6.42 Å². The Balaban J connectivity index is 2.44. The van der Waals surface area contributed by atoms with E-state index in [4.69, 9.17) is 9.52 Å². The number of hydrogen-bond donors (Lipinski definition) is 3. The summed E-state index contributed by atoms with van der Waals surface area (Å²) < 4.78 is 4.92. The van der Waals surface area contributed by atoms with Gasteiger partial charge in [-0.3, -0.25) is 9.59 Å². The summed E-state index contributed by atoms with van der Waals surface area (Å²) in [4.78, 5) is 23.4. The van der Waals surface area contributed by atoms with Crippen molar-refractivity contribution in [1.29, 1.82) is 0 Å². The Morgan fingerprint density at radius 1 is 1.40 bits per heavy atom. The number of nitrogens with one attached hydrogen (secondary N) is 2. The summed E-state index contributed by atoms with van der Waals surface area (Å²) in [6.45, 7) is 5.82. The Morgan fingerprint density at radius 2 is 2.10 bits per heavy atom. The maximum Gasteiger partial charge on any atom is 0.287 e. The number of carbonyl (C=O) groups is 2. The first-order valence-electron chi connectivity index (χ1n) is 6.56. The van der Waals surface area contributed by atoms with Crippen LogP contribution in [0.2, 0.25) is 0 Å². The molecule has 1 aromatic rings. The molecule has 2 amide bonds. The maximum absolute atomic E-state index is 11.8. The van der Waals surface area contributed by atoms with E-state index in [1.807, 2.05) is 20.8 Å². The zero-order valence-corrected chi connectivity index (χ0v) is 12.1. The molecule has 0 aromatic carbocycles. The van der Waals surface area contributed by atoms with Crippen LogP contribution in [-0.2, 0) is 4.79 Å². The zero-order valence-electron chi connectivity index (χ0n) is 12.1. The van der Waals surface area contributed by atoms with Crippen LogP contribution in [0.1, 0.15) is 37.7 Å². The van der Waals surface area contributed by atoms with Crippen LogP contribution in [0.25, 0.3) is 0 Å². The SMILES string of the molecule is CC(C)(C)C(CCO)NC(=O)CNC(=O)c1ccco1. The van der Waals surface area contributed by atoms with E-state index in [1.165, 1.54) is 12.3 Å². The number of hydrogen-bond acceptors (Lipinski definition) is 4. The molecule has 0 radical (unpaired) electrons. The highest BCUT2D eigenvalue weighted by Crippen LogP contribution is 2.21. The minimum atomic E-state index is -0.431. The van der Waals surface area contributed by atoms with E-state index in [9.17, 15) is 9.59 Å². The Hall–Kier alpha value is -1.82. The fourth-order valence-electron chi connectivity index (χ4n) is 1.75. The highest BCUT2D eigenvalue weighted by Gasteiger charge is 2.25. The van der Waals surface area contributed by atoms with E-state index < -0.39 is 5.91 Å². The molecule has 0 bridgehead atoms. The van der Waals surface area contributed by atoms with Crippen molar-refractivity contribution in [3.8, 4) is 0 Å². The van der Waals surface area contributed by atoms with Gasteiger partial charge in [-0.15, -0.1) is 0 Å². The fraction of sp³-hybridized carbons (Fsp3) is 0.571. The highest BCUT2D eigenvalue weighted by atomic mass is 16.3. The van der Waals surface area contributed by atoms with Crippen LogP contribution < -0.4 is 10.6 Å². The van der Waals surface area contributed by atoms with Crippen molar-refractivity contribution in [2.75, 3.05) is 13.2 Å². The van der Waals surface area contributed by atoms with Crippen LogP contribution in [-0.4, -0.2) is 36.1 Å². The number of aliphatic hydroxyl groups excluding tert-OH is 1. The first-order chi connectivity index (χ1) is 9.34.